The third-order valence-corrected chi connectivity index (χ3v) is 4.64. The molecule has 1 aromatic carbocycles. The Morgan fingerprint density at radius 1 is 1.40 bits per heavy atom. The minimum Gasteiger partial charge on any atom is -0.389 e. The van der Waals surface area contributed by atoms with Crippen LogP contribution in [0.4, 0.5) is 0 Å². The predicted octanol–water partition coefficient (Wildman–Crippen LogP) is 3.80. The van der Waals surface area contributed by atoms with E-state index in [-0.39, 0.29) is 11.8 Å². The number of rotatable bonds is 5. The molecule has 0 aliphatic rings. The van der Waals surface area contributed by atoms with Gasteiger partial charge in [0.15, 0.2) is 0 Å². The number of benzene rings is 1. The number of aliphatic hydroxyl groups excluding tert-OH is 1. The molecular weight excluding hydrogens is 321 g/mol. The average molecular weight is 339 g/mol. The van der Waals surface area contributed by atoms with Gasteiger partial charge in [0.1, 0.15) is 0 Å². The van der Waals surface area contributed by atoms with Gasteiger partial charge >= 0.3 is 0 Å². The van der Waals surface area contributed by atoms with E-state index in [0.717, 1.165) is 5.56 Å². The van der Waals surface area contributed by atoms with Gasteiger partial charge in [-0.3, -0.25) is 4.79 Å². The normalized spacial score (nSPS) is 15.6. The summed E-state index contributed by atoms with van der Waals surface area (Å²) in [5.74, 6) is -0.303. The molecule has 1 rings (SSSR count). The molecule has 0 saturated carbocycles. The fraction of sp³-hybridized carbons (Fsp3) is 0.500. The Labute approximate surface area is 134 Å². The number of hydrogen-bond acceptors (Lipinski definition) is 2. The number of carbonyl (C=O) groups is 1. The molecule has 0 unspecified atom stereocenters. The highest BCUT2D eigenvalue weighted by Crippen LogP contribution is 2.26. The molecule has 0 aliphatic carbocycles. The smallest absolute Gasteiger partial charge is 0.251 e. The molecule has 0 aromatic heterocycles. The van der Waals surface area contributed by atoms with Crippen LogP contribution in [0.3, 0.4) is 0 Å². The summed E-state index contributed by atoms with van der Waals surface area (Å²) < 4.78 is 0. The van der Waals surface area contributed by atoms with Gasteiger partial charge in [0.2, 0.25) is 0 Å². The highest BCUT2D eigenvalue weighted by molar-refractivity contribution is 6.36. The van der Waals surface area contributed by atoms with E-state index in [1.807, 2.05) is 6.92 Å². The summed E-state index contributed by atoms with van der Waals surface area (Å²) in [6.07, 6.45) is -0.297. The van der Waals surface area contributed by atoms with Gasteiger partial charge in [0, 0.05) is 15.6 Å². The quantitative estimate of drug-likeness (QED) is 0.802. The summed E-state index contributed by atoms with van der Waals surface area (Å²) in [6.45, 7) is 5.39. The van der Waals surface area contributed by atoms with Crippen LogP contribution in [-0.2, 0) is 0 Å². The van der Waals surface area contributed by atoms with Crippen LogP contribution in [0.2, 0.25) is 10.0 Å². The summed E-state index contributed by atoms with van der Waals surface area (Å²) in [5.41, 5.74) is 0.277. The summed E-state index contributed by atoms with van der Waals surface area (Å²) >= 11 is 17.7. The molecule has 6 heteroatoms. The van der Waals surface area contributed by atoms with Crippen molar-refractivity contribution in [2.24, 2.45) is 0 Å². The van der Waals surface area contributed by atoms with Crippen LogP contribution in [0.5, 0.6) is 0 Å². The zero-order valence-corrected chi connectivity index (χ0v) is 13.9. The molecule has 2 atom stereocenters. The second-order valence-corrected chi connectivity index (χ2v) is 6.08. The minimum absolute atomic E-state index is 0.0417. The minimum atomic E-state index is -0.838. The summed E-state index contributed by atoms with van der Waals surface area (Å²) in [7, 11) is 0. The second-order valence-electron chi connectivity index (χ2n) is 4.96. The van der Waals surface area contributed by atoms with Crippen LogP contribution in [0.1, 0.15) is 36.2 Å². The van der Waals surface area contributed by atoms with Gasteiger partial charge in [-0.05, 0) is 38.0 Å². The van der Waals surface area contributed by atoms with Gasteiger partial charge in [-0.25, -0.2) is 0 Å². The topological polar surface area (TPSA) is 49.3 Å². The van der Waals surface area contributed by atoms with E-state index >= 15 is 0 Å². The monoisotopic (exact) mass is 337 g/mol. The number of hydrogen-bond donors (Lipinski definition) is 2. The Morgan fingerprint density at radius 3 is 2.30 bits per heavy atom. The molecule has 0 radical (unpaired) electrons. The third kappa shape index (κ3) is 3.79. The van der Waals surface area contributed by atoms with Crippen molar-refractivity contribution < 1.29 is 9.90 Å². The lowest BCUT2D eigenvalue weighted by atomic mass is 9.92. The number of alkyl halides is 1. The van der Waals surface area contributed by atoms with E-state index in [0.29, 0.717) is 22.0 Å². The fourth-order valence-electron chi connectivity index (χ4n) is 1.69. The van der Waals surface area contributed by atoms with Gasteiger partial charge in [0.25, 0.3) is 5.91 Å². The van der Waals surface area contributed by atoms with Gasteiger partial charge in [0.05, 0.1) is 17.5 Å². The van der Waals surface area contributed by atoms with E-state index in [9.17, 15) is 9.90 Å². The van der Waals surface area contributed by atoms with Gasteiger partial charge in [-0.2, -0.15) is 0 Å². The molecule has 20 heavy (non-hydrogen) atoms. The van der Waals surface area contributed by atoms with E-state index in [1.54, 1.807) is 26.0 Å². The van der Waals surface area contributed by atoms with E-state index in [4.69, 9.17) is 34.8 Å². The zero-order valence-electron chi connectivity index (χ0n) is 11.6. The molecule has 0 fully saturated rings. The molecule has 0 saturated heterocycles. The number of carbonyl (C=O) groups excluding carboxylic acids is 1. The molecule has 1 amide bonds. The Morgan fingerprint density at radius 2 is 1.90 bits per heavy atom. The Kier molecular flexibility index (Phi) is 6.14. The first kappa shape index (κ1) is 17.6. The summed E-state index contributed by atoms with van der Waals surface area (Å²) in [6, 6.07) is 3.11. The zero-order chi connectivity index (χ0) is 15.5. The highest BCUT2D eigenvalue weighted by atomic mass is 35.5. The van der Waals surface area contributed by atoms with Gasteiger partial charge in [-0.1, -0.05) is 30.1 Å². The van der Waals surface area contributed by atoms with E-state index < -0.39 is 11.6 Å². The summed E-state index contributed by atoms with van der Waals surface area (Å²) in [4.78, 5) is 12.3. The molecule has 3 nitrogen and oxygen atoms in total. The number of halogens is 3. The molecule has 0 spiro atoms. The van der Waals surface area contributed by atoms with Crippen LogP contribution in [0, 0.1) is 6.92 Å². The van der Waals surface area contributed by atoms with Crippen LogP contribution in [0.25, 0.3) is 0 Å². The maximum Gasteiger partial charge on any atom is 0.251 e. The maximum atomic E-state index is 12.3. The lowest BCUT2D eigenvalue weighted by molar-refractivity contribution is 0.0651. The lowest BCUT2D eigenvalue weighted by Crippen LogP contribution is -2.54. The third-order valence-electron chi connectivity index (χ3n) is 3.56. The molecule has 2 N–H and O–H groups in total. The van der Waals surface area contributed by atoms with Gasteiger partial charge < -0.3 is 10.4 Å². The summed E-state index contributed by atoms with van der Waals surface area (Å²) in [5, 5.41) is 13.6. The number of nitrogens with one attached hydrogen (secondary N) is 1. The maximum absolute atomic E-state index is 12.3. The lowest BCUT2D eigenvalue weighted by Gasteiger charge is -2.33. The van der Waals surface area contributed by atoms with Crippen molar-refractivity contribution >= 4 is 40.7 Å². The van der Waals surface area contributed by atoms with Crippen LogP contribution >= 0.6 is 34.8 Å². The first-order valence-electron chi connectivity index (χ1n) is 6.27. The van der Waals surface area contributed by atoms with Crippen LogP contribution in [0.15, 0.2) is 12.1 Å². The molecule has 0 aliphatic heterocycles. The van der Waals surface area contributed by atoms with Crippen LogP contribution in [-0.4, -0.2) is 28.5 Å². The fourth-order valence-corrected chi connectivity index (χ4v) is 2.51. The SMILES string of the molecule is CC[C@](C)(NC(=O)c1cc(Cl)c(C)c(Cl)c1)[C@H](O)CCl. The number of amides is 1. The first-order chi connectivity index (χ1) is 9.25. The van der Waals surface area contributed by atoms with Crippen molar-refractivity contribution in [1.29, 1.82) is 0 Å². The molecule has 0 bridgehead atoms. The average Bonchev–Trinajstić information content (AvgIpc) is 2.42. The molecule has 112 valence electrons. The highest BCUT2D eigenvalue weighted by Gasteiger charge is 2.32. The van der Waals surface area contributed by atoms with Crippen molar-refractivity contribution in [1.82, 2.24) is 5.32 Å². The second kappa shape index (κ2) is 6.99. The molecular formula is C14H18Cl3NO2. The Hall–Kier alpha value is -0.480. The van der Waals surface area contributed by atoms with Crippen molar-refractivity contribution in [2.75, 3.05) is 5.88 Å². The van der Waals surface area contributed by atoms with Gasteiger partial charge in [-0.15, -0.1) is 11.6 Å². The van der Waals surface area contributed by atoms with Crippen molar-refractivity contribution in [3.05, 3.63) is 33.3 Å². The van der Waals surface area contributed by atoms with Crippen molar-refractivity contribution in [3.8, 4) is 0 Å². The van der Waals surface area contributed by atoms with Crippen LogP contribution < -0.4 is 5.32 Å². The van der Waals surface area contributed by atoms with E-state index in [2.05, 4.69) is 5.32 Å². The standard InChI is InChI=1S/C14H18Cl3NO2/c1-4-14(3,12(19)7-15)18-13(20)9-5-10(16)8(2)11(17)6-9/h5-6,12,19H,4,7H2,1-3H3,(H,18,20)/t12-,14+/m1/s1. The molecule has 0 heterocycles. The largest absolute Gasteiger partial charge is 0.389 e. The number of aliphatic hydroxyl groups is 1. The Bertz CT molecular complexity index is 484. The van der Waals surface area contributed by atoms with Crippen molar-refractivity contribution in [3.63, 3.8) is 0 Å². The van der Waals surface area contributed by atoms with E-state index in [1.165, 1.54) is 0 Å². The predicted molar refractivity (Wildman–Crippen MR) is 84.1 cm³/mol. The first-order valence-corrected chi connectivity index (χ1v) is 7.56. The Balaban J connectivity index is 3.02. The molecule has 1 aromatic rings. The van der Waals surface area contributed by atoms with Crippen molar-refractivity contribution in [2.45, 2.75) is 38.8 Å².